The fourth-order valence-electron chi connectivity index (χ4n) is 2.18. The van der Waals surface area contributed by atoms with Gasteiger partial charge in [0.05, 0.1) is 5.92 Å². The molecule has 3 nitrogen and oxygen atoms in total. The van der Waals surface area contributed by atoms with Crippen molar-refractivity contribution >= 4 is 27.9 Å². The monoisotopic (exact) mass is 258 g/mol. The summed E-state index contributed by atoms with van der Waals surface area (Å²) < 4.78 is 18.9. The lowest BCUT2D eigenvalue weighted by molar-refractivity contribution is -0.138. The predicted molar refractivity (Wildman–Crippen MR) is 69.7 cm³/mol. The molecule has 2 aromatic carbocycles. The first-order valence-corrected chi connectivity index (χ1v) is 5.91. The zero-order chi connectivity index (χ0) is 13.6. The van der Waals surface area contributed by atoms with Crippen LogP contribution in [0.4, 0.5) is 4.39 Å². The topological polar surface area (TPSA) is 50.4 Å². The Hall–Kier alpha value is -2.36. The van der Waals surface area contributed by atoms with Crippen LogP contribution >= 0.6 is 0 Å². The highest BCUT2D eigenvalue weighted by Gasteiger charge is 2.16. The molecule has 0 aliphatic rings. The zero-order valence-electron chi connectivity index (χ0n) is 10.2. The first-order chi connectivity index (χ1) is 9.06. The summed E-state index contributed by atoms with van der Waals surface area (Å²) in [6, 6.07) is 9.54. The summed E-state index contributed by atoms with van der Waals surface area (Å²) in [5.41, 5.74) is 1.84. The molecular weight excluding hydrogens is 247 g/mol. The summed E-state index contributed by atoms with van der Waals surface area (Å²) in [4.78, 5) is 11.0. The number of carboxylic acids is 1. The van der Waals surface area contributed by atoms with Gasteiger partial charge in [-0.2, -0.15) is 0 Å². The van der Waals surface area contributed by atoms with Gasteiger partial charge in [-0.05, 0) is 36.8 Å². The first-order valence-electron chi connectivity index (χ1n) is 5.91. The molecule has 3 rings (SSSR count). The number of fused-ring (bicyclic) bond motifs is 3. The van der Waals surface area contributed by atoms with Crippen molar-refractivity contribution < 1.29 is 18.7 Å². The average Bonchev–Trinajstić information content (AvgIpc) is 2.74. The molecule has 4 heteroatoms. The van der Waals surface area contributed by atoms with Crippen LogP contribution in [0.15, 0.2) is 40.8 Å². The Balaban J connectivity index is 2.24. The molecule has 0 fully saturated rings. The van der Waals surface area contributed by atoms with Gasteiger partial charge in [-0.1, -0.05) is 12.1 Å². The van der Waals surface area contributed by atoms with Crippen LogP contribution in [0.3, 0.4) is 0 Å². The molecule has 0 amide bonds. The van der Waals surface area contributed by atoms with Crippen molar-refractivity contribution in [2.45, 2.75) is 12.8 Å². The number of aliphatic carboxylic acids is 1. The van der Waals surface area contributed by atoms with E-state index in [1.165, 1.54) is 12.1 Å². The van der Waals surface area contributed by atoms with Gasteiger partial charge in [0.15, 0.2) is 0 Å². The summed E-state index contributed by atoms with van der Waals surface area (Å²) in [6.07, 6.45) is 0. The summed E-state index contributed by atoms with van der Waals surface area (Å²) in [5.74, 6) is -1.81. The number of carbonyl (C=O) groups is 1. The normalized spacial score (nSPS) is 12.9. The van der Waals surface area contributed by atoms with Crippen LogP contribution in [0.5, 0.6) is 0 Å². The van der Waals surface area contributed by atoms with Gasteiger partial charge >= 0.3 is 5.97 Å². The van der Waals surface area contributed by atoms with Crippen molar-refractivity contribution in [1.29, 1.82) is 0 Å². The molecule has 1 heterocycles. The van der Waals surface area contributed by atoms with Crippen LogP contribution in [0.1, 0.15) is 18.4 Å². The molecule has 1 aromatic heterocycles. The molecule has 1 unspecified atom stereocenters. The van der Waals surface area contributed by atoms with Crippen LogP contribution in [-0.2, 0) is 4.79 Å². The van der Waals surface area contributed by atoms with E-state index in [1.807, 2.05) is 0 Å². The van der Waals surface area contributed by atoms with E-state index in [9.17, 15) is 9.18 Å². The summed E-state index contributed by atoms with van der Waals surface area (Å²) in [6.45, 7) is 1.62. The highest BCUT2D eigenvalue weighted by molar-refractivity contribution is 6.05. The van der Waals surface area contributed by atoms with Crippen LogP contribution < -0.4 is 0 Å². The van der Waals surface area contributed by atoms with E-state index in [4.69, 9.17) is 9.52 Å². The third-order valence-electron chi connectivity index (χ3n) is 3.33. The number of hydrogen-bond acceptors (Lipinski definition) is 2. The standard InChI is InChI=1S/C15H11FO3/c1-8(15(17)18)9-2-4-11-12-7-10(16)3-5-13(12)19-14(11)6-9/h2-8H,1H3,(H,17,18). The van der Waals surface area contributed by atoms with E-state index >= 15 is 0 Å². The Kier molecular flexibility index (Phi) is 2.52. The fraction of sp³-hybridized carbons (Fsp3) is 0.133. The lowest BCUT2D eigenvalue weighted by Crippen LogP contribution is -2.06. The number of hydrogen-bond donors (Lipinski definition) is 1. The second-order valence-electron chi connectivity index (χ2n) is 4.56. The summed E-state index contributed by atoms with van der Waals surface area (Å²) in [5, 5.41) is 10.5. The molecule has 3 aromatic rings. The molecule has 1 atom stereocenters. The van der Waals surface area contributed by atoms with Crippen molar-refractivity contribution in [3.63, 3.8) is 0 Å². The molecule has 0 radical (unpaired) electrons. The molecule has 0 aliphatic carbocycles. The molecular formula is C15H11FO3. The highest BCUT2D eigenvalue weighted by atomic mass is 19.1. The van der Waals surface area contributed by atoms with E-state index in [-0.39, 0.29) is 5.82 Å². The Morgan fingerprint density at radius 2 is 1.95 bits per heavy atom. The van der Waals surface area contributed by atoms with Gasteiger partial charge in [-0.3, -0.25) is 4.79 Å². The Bertz CT molecular complexity index is 789. The predicted octanol–water partition coefficient (Wildman–Crippen LogP) is 3.91. The quantitative estimate of drug-likeness (QED) is 0.758. The third kappa shape index (κ3) is 1.85. The van der Waals surface area contributed by atoms with Gasteiger partial charge in [0, 0.05) is 10.8 Å². The Morgan fingerprint density at radius 3 is 2.68 bits per heavy atom. The highest BCUT2D eigenvalue weighted by Crippen LogP contribution is 2.31. The number of halogens is 1. The second-order valence-corrected chi connectivity index (χ2v) is 4.56. The summed E-state index contributed by atoms with van der Waals surface area (Å²) in [7, 11) is 0. The van der Waals surface area contributed by atoms with Gasteiger partial charge in [0.25, 0.3) is 0 Å². The van der Waals surface area contributed by atoms with Crippen molar-refractivity contribution in [3.8, 4) is 0 Å². The first kappa shape index (κ1) is 11.7. The van der Waals surface area contributed by atoms with E-state index in [0.717, 1.165) is 5.39 Å². The molecule has 0 saturated heterocycles. The molecule has 1 N–H and O–H groups in total. The van der Waals surface area contributed by atoms with Crippen molar-refractivity contribution in [2.24, 2.45) is 0 Å². The smallest absolute Gasteiger partial charge is 0.310 e. The number of benzene rings is 2. The molecule has 0 aliphatic heterocycles. The Morgan fingerprint density at radius 1 is 1.16 bits per heavy atom. The number of rotatable bonds is 2. The van der Waals surface area contributed by atoms with E-state index in [2.05, 4.69) is 0 Å². The minimum absolute atomic E-state index is 0.321. The maximum absolute atomic E-state index is 13.2. The molecule has 96 valence electrons. The van der Waals surface area contributed by atoms with Gasteiger partial charge in [-0.25, -0.2) is 4.39 Å². The van der Waals surface area contributed by atoms with Crippen molar-refractivity contribution in [3.05, 3.63) is 47.8 Å². The van der Waals surface area contributed by atoms with E-state index in [1.54, 1.807) is 31.2 Å². The van der Waals surface area contributed by atoms with Crippen LogP contribution in [0.2, 0.25) is 0 Å². The number of furan rings is 1. The maximum atomic E-state index is 13.2. The Labute approximate surface area is 108 Å². The van der Waals surface area contributed by atoms with Gasteiger partial charge < -0.3 is 9.52 Å². The minimum Gasteiger partial charge on any atom is -0.481 e. The van der Waals surface area contributed by atoms with Gasteiger partial charge in [-0.15, -0.1) is 0 Å². The van der Waals surface area contributed by atoms with Crippen LogP contribution in [-0.4, -0.2) is 11.1 Å². The van der Waals surface area contributed by atoms with E-state index < -0.39 is 11.9 Å². The SMILES string of the molecule is CC(C(=O)O)c1ccc2c(c1)oc1ccc(F)cc12. The van der Waals surface area contributed by atoms with Crippen molar-refractivity contribution in [2.75, 3.05) is 0 Å². The molecule has 0 saturated carbocycles. The maximum Gasteiger partial charge on any atom is 0.310 e. The van der Waals surface area contributed by atoms with Crippen LogP contribution in [0, 0.1) is 5.82 Å². The zero-order valence-corrected chi connectivity index (χ0v) is 10.2. The molecule has 19 heavy (non-hydrogen) atoms. The van der Waals surface area contributed by atoms with Crippen molar-refractivity contribution in [1.82, 2.24) is 0 Å². The lowest BCUT2D eigenvalue weighted by atomic mass is 10.00. The fourth-order valence-corrected chi connectivity index (χ4v) is 2.18. The minimum atomic E-state index is -0.887. The lowest BCUT2D eigenvalue weighted by Gasteiger charge is -2.05. The third-order valence-corrected chi connectivity index (χ3v) is 3.33. The largest absolute Gasteiger partial charge is 0.481 e. The molecule has 0 spiro atoms. The second kappa shape index (κ2) is 4.09. The molecule has 0 bridgehead atoms. The van der Waals surface area contributed by atoms with Gasteiger partial charge in [0.1, 0.15) is 17.0 Å². The summed E-state index contributed by atoms with van der Waals surface area (Å²) >= 11 is 0. The number of carboxylic acid groups (broad SMARTS) is 1. The average molecular weight is 258 g/mol. The van der Waals surface area contributed by atoms with Crippen LogP contribution in [0.25, 0.3) is 21.9 Å². The van der Waals surface area contributed by atoms with Gasteiger partial charge in [0.2, 0.25) is 0 Å². The van der Waals surface area contributed by atoms with E-state index in [0.29, 0.717) is 22.1 Å².